The first-order valence-electron chi connectivity index (χ1n) is 5.90. The predicted octanol–water partition coefficient (Wildman–Crippen LogP) is 1.41. The zero-order valence-electron chi connectivity index (χ0n) is 9.94. The molecule has 0 amide bonds. The van der Waals surface area contributed by atoms with Crippen molar-refractivity contribution in [2.45, 2.75) is 30.2 Å². The van der Waals surface area contributed by atoms with E-state index in [2.05, 4.69) is 10.0 Å². The highest BCUT2D eigenvalue weighted by molar-refractivity contribution is 7.89. The van der Waals surface area contributed by atoms with Crippen LogP contribution in [0, 0.1) is 0 Å². The molecule has 2 N–H and O–H groups in total. The molecular formula is C12H18N2O2S. The first-order valence-corrected chi connectivity index (χ1v) is 7.39. The van der Waals surface area contributed by atoms with Crippen molar-refractivity contribution >= 4 is 10.0 Å². The molecule has 94 valence electrons. The van der Waals surface area contributed by atoms with Gasteiger partial charge in [-0.15, -0.1) is 0 Å². The highest BCUT2D eigenvalue weighted by Crippen LogP contribution is 2.24. The SMILES string of the molecule is CNS(=O)(=O)c1cccc([C@H]2CCCCN2)c1. The van der Waals surface area contributed by atoms with Gasteiger partial charge in [-0.05, 0) is 44.1 Å². The van der Waals surface area contributed by atoms with Crippen LogP contribution in [-0.2, 0) is 10.0 Å². The fourth-order valence-electron chi connectivity index (χ4n) is 2.15. The number of nitrogens with one attached hydrogen (secondary N) is 2. The Bertz CT molecular complexity index is 479. The van der Waals surface area contributed by atoms with Crippen LogP contribution < -0.4 is 10.0 Å². The maximum absolute atomic E-state index is 11.7. The van der Waals surface area contributed by atoms with Crippen LogP contribution in [0.4, 0.5) is 0 Å². The third-order valence-corrected chi connectivity index (χ3v) is 4.56. The van der Waals surface area contributed by atoms with E-state index in [-0.39, 0.29) is 6.04 Å². The van der Waals surface area contributed by atoms with Crippen LogP contribution in [0.25, 0.3) is 0 Å². The lowest BCUT2D eigenvalue weighted by Crippen LogP contribution is -2.27. The van der Waals surface area contributed by atoms with Crippen molar-refractivity contribution in [1.29, 1.82) is 0 Å². The molecule has 1 atom stereocenters. The van der Waals surface area contributed by atoms with Gasteiger partial charge in [0.2, 0.25) is 10.0 Å². The van der Waals surface area contributed by atoms with Crippen LogP contribution in [0.1, 0.15) is 30.9 Å². The fourth-order valence-corrected chi connectivity index (χ4v) is 2.94. The number of rotatable bonds is 3. The molecule has 0 saturated carbocycles. The number of benzene rings is 1. The summed E-state index contributed by atoms with van der Waals surface area (Å²) in [5.74, 6) is 0. The largest absolute Gasteiger partial charge is 0.310 e. The summed E-state index contributed by atoms with van der Waals surface area (Å²) in [5.41, 5.74) is 1.06. The molecule has 1 aromatic rings. The number of hydrogen-bond donors (Lipinski definition) is 2. The quantitative estimate of drug-likeness (QED) is 0.857. The topological polar surface area (TPSA) is 58.2 Å². The van der Waals surface area contributed by atoms with Crippen molar-refractivity contribution in [3.63, 3.8) is 0 Å². The first kappa shape index (κ1) is 12.5. The minimum Gasteiger partial charge on any atom is -0.310 e. The van der Waals surface area contributed by atoms with Crippen LogP contribution in [0.15, 0.2) is 29.2 Å². The second kappa shape index (κ2) is 5.16. The second-order valence-corrected chi connectivity index (χ2v) is 6.17. The molecule has 1 heterocycles. The van der Waals surface area contributed by atoms with Crippen molar-refractivity contribution in [3.8, 4) is 0 Å². The number of sulfonamides is 1. The van der Waals surface area contributed by atoms with E-state index in [0.717, 1.165) is 18.5 Å². The molecular weight excluding hydrogens is 236 g/mol. The van der Waals surface area contributed by atoms with E-state index in [0.29, 0.717) is 4.90 Å². The summed E-state index contributed by atoms with van der Waals surface area (Å²) < 4.78 is 25.7. The molecule has 1 aliphatic heterocycles. The zero-order chi connectivity index (χ0) is 12.3. The Morgan fingerprint density at radius 3 is 2.82 bits per heavy atom. The van der Waals surface area contributed by atoms with Crippen molar-refractivity contribution in [3.05, 3.63) is 29.8 Å². The zero-order valence-corrected chi connectivity index (χ0v) is 10.8. The molecule has 0 radical (unpaired) electrons. The lowest BCUT2D eigenvalue weighted by Gasteiger charge is -2.24. The summed E-state index contributed by atoms with van der Waals surface area (Å²) in [6, 6.07) is 7.45. The Kier molecular flexibility index (Phi) is 3.81. The maximum Gasteiger partial charge on any atom is 0.240 e. The molecule has 0 spiro atoms. The average molecular weight is 254 g/mol. The van der Waals surface area contributed by atoms with Gasteiger partial charge in [-0.1, -0.05) is 18.6 Å². The first-order chi connectivity index (χ1) is 8.13. The average Bonchev–Trinajstić information content (AvgIpc) is 2.40. The molecule has 0 unspecified atom stereocenters. The van der Waals surface area contributed by atoms with Gasteiger partial charge in [0.1, 0.15) is 0 Å². The van der Waals surface area contributed by atoms with Gasteiger partial charge in [0.15, 0.2) is 0 Å². The minimum absolute atomic E-state index is 0.288. The number of piperidine rings is 1. The van der Waals surface area contributed by atoms with E-state index in [1.54, 1.807) is 18.2 Å². The summed E-state index contributed by atoms with van der Waals surface area (Å²) in [6.45, 7) is 1.01. The van der Waals surface area contributed by atoms with Gasteiger partial charge in [0, 0.05) is 6.04 Å². The molecule has 1 fully saturated rings. The third-order valence-electron chi connectivity index (χ3n) is 3.15. The third kappa shape index (κ3) is 2.86. The van der Waals surface area contributed by atoms with Gasteiger partial charge in [0.05, 0.1) is 4.90 Å². The molecule has 5 heteroatoms. The number of hydrogen-bond acceptors (Lipinski definition) is 3. The lowest BCUT2D eigenvalue weighted by molar-refractivity contribution is 0.412. The van der Waals surface area contributed by atoms with Crippen molar-refractivity contribution < 1.29 is 8.42 Å². The van der Waals surface area contributed by atoms with Gasteiger partial charge in [-0.3, -0.25) is 0 Å². The van der Waals surface area contributed by atoms with Crippen molar-refractivity contribution in [2.75, 3.05) is 13.6 Å². The Balaban J connectivity index is 2.28. The van der Waals surface area contributed by atoms with Crippen LogP contribution in [0.2, 0.25) is 0 Å². The van der Waals surface area contributed by atoms with Crippen molar-refractivity contribution in [1.82, 2.24) is 10.0 Å². The highest BCUT2D eigenvalue weighted by atomic mass is 32.2. The monoisotopic (exact) mass is 254 g/mol. The Hall–Kier alpha value is -0.910. The van der Waals surface area contributed by atoms with E-state index < -0.39 is 10.0 Å². The lowest BCUT2D eigenvalue weighted by atomic mass is 9.98. The van der Waals surface area contributed by atoms with Gasteiger partial charge in [-0.25, -0.2) is 13.1 Å². The molecule has 1 saturated heterocycles. The van der Waals surface area contributed by atoms with Crippen LogP contribution in [0.3, 0.4) is 0 Å². The van der Waals surface area contributed by atoms with Crippen LogP contribution in [0.5, 0.6) is 0 Å². The molecule has 0 bridgehead atoms. The smallest absolute Gasteiger partial charge is 0.240 e. The van der Waals surface area contributed by atoms with Gasteiger partial charge in [0.25, 0.3) is 0 Å². The summed E-state index contributed by atoms with van der Waals surface area (Å²) in [4.78, 5) is 0.338. The predicted molar refractivity (Wildman–Crippen MR) is 67.3 cm³/mol. The summed E-state index contributed by atoms with van der Waals surface area (Å²) in [6.07, 6.45) is 3.47. The van der Waals surface area contributed by atoms with Crippen molar-refractivity contribution in [2.24, 2.45) is 0 Å². The summed E-state index contributed by atoms with van der Waals surface area (Å²) >= 11 is 0. The standard InChI is InChI=1S/C12H18N2O2S/c1-13-17(15,16)11-6-4-5-10(9-11)12-7-2-3-8-14-12/h4-6,9,12-14H,2-3,7-8H2,1H3/t12-/m1/s1. The Morgan fingerprint density at radius 2 is 2.18 bits per heavy atom. The minimum atomic E-state index is -3.34. The van der Waals surface area contributed by atoms with E-state index in [4.69, 9.17) is 0 Å². The Morgan fingerprint density at radius 1 is 1.35 bits per heavy atom. The second-order valence-electron chi connectivity index (χ2n) is 4.28. The summed E-state index contributed by atoms with van der Waals surface area (Å²) in [5, 5.41) is 3.42. The van der Waals surface area contributed by atoms with Gasteiger partial charge in [-0.2, -0.15) is 0 Å². The molecule has 1 aromatic carbocycles. The van der Waals surface area contributed by atoms with Gasteiger partial charge < -0.3 is 5.32 Å². The Labute approximate surface area is 102 Å². The van der Waals surface area contributed by atoms with E-state index >= 15 is 0 Å². The molecule has 17 heavy (non-hydrogen) atoms. The normalized spacial score (nSPS) is 21.4. The van der Waals surface area contributed by atoms with Gasteiger partial charge >= 0.3 is 0 Å². The highest BCUT2D eigenvalue weighted by Gasteiger charge is 2.17. The van der Waals surface area contributed by atoms with Crippen LogP contribution in [-0.4, -0.2) is 22.0 Å². The van der Waals surface area contributed by atoms with Crippen LogP contribution >= 0.6 is 0 Å². The van der Waals surface area contributed by atoms with E-state index in [9.17, 15) is 8.42 Å². The fraction of sp³-hybridized carbons (Fsp3) is 0.500. The molecule has 0 aromatic heterocycles. The molecule has 4 nitrogen and oxygen atoms in total. The van der Waals surface area contributed by atoms with E-state index in [1.165, 1.54) is 19.9 Å². The maximum atomic E-state index is 11.7. The van der Waals surface area contributed by atoms with E-state index in [1.807, 2.05) is 6.07 Å². The molecule has 2 rings (SSSR count). The summed E-state index contributed by atoms with van der Waals surface area (Å²) in [7, 11) is -1.91. The molecule has 0 aliphatic carbocycles. The molecule has 1 aliphatic rings.